The van der Waals surface area contributed by atoms with Crippen LogP contribution in [0.15, 0.2) is 138 Å². The predicted octanol–water partition coefficient (Wildman–Crippen LogP) is 10.9. The molecule has 3 heterocycles. The topological polar surface area (TPSA) is 38.9 Å². The van der Waals surface area contributed by atoms with Crippen LogP contribution >= 0.6 is 11.3 Å². The fraction of sp³-hybridized carbons (Fsp3) is 0. The van der Waals surface area contributed by atoms with Crippen molar-refractivity contribution in [2.45, 2.75) is 0 Å². The zero-order chi connectivity index (χ0) is 27.6. The minimum Gasteiger partial charge on any atom is -0.455 e. The van der Waals surface area contributed by atoms with E-state index < -0.39 is 0 Å². The third-order valence-corrected chi connectivity index (χ3v) is 9.25. The second-order valence-corrected chi connectivity index (χ2v) is 11.6. The Labute approximate surface area is 245 Å². The van der Waals surface area contributed by atoms with E-state index in [1.807, 2.05) is 12.1 Å². The maximum atomic E-state index is 6.71. The number of hydrogen-bond donors (Lipinski definition) is 0. The van der Waals surface area contributed by atoms with Gasteiger partial charge in [0.05, 0.1) is 15.9 Å². The highest BCUT2D eigenvalue weighted by molar-refractivity contribution is 7.26. The van der Waals surface area contributed by atoms with Crippen LogP contribution in [0.1, 0.15) is 0 Å². The van der Waals surface area contributed by atoms with Crippen LogP contribution in [-0.2, 0) is 0 Å². The molecule has 3 nitrogen and oxygen atoms in total. The molecule has 0 saturated heterocycles. The van der Waals surface area contributed by atoms with Gasteiger partial charge in [-0.15, -0.1) is 11.3 Å². The Morgan fingerprint density at radius 3 is 2.02 bits per heavy atom. The number of aromatic nitrogens is 2. The van der Waals surface area contributed by atoms with Gasteiger partial charge in [-0.05, 0) is 46.7 Å². The van der Waals surface area contributed by atoms with Crippen LogP contribution in [0.25, 0.3) is 86.8 Å². The van der Waals surface area contributed by atoms with Crippen LogP contribution in [0.3, 0.4) is 0 Å². The molecule has 0 amide bonds. The summed E-state index contributed by atoms with van der Waals surface area (Å²) in [7, 11) is 0. The minimum atomic E-state index is 0.699. The second-order valence-electron chi connectivity index (χ2n) is 10.6. The Kier molecular flexibility index (Phi) is 5.07. The van der Waals surface area contributed by atoms with Crippen LogP contribution in [0, 0.1) is 0 Å². The Bertz CT molecular complexity index is 2460. The zero-order valence-corrected chi connectivity index (χ0v) is 23.2. The molecule has 3 aromatic heterocycles. The summed E-state index contributed by atoms with van der Waals surface area (Å²) in [6.45, 7) is 0. The summed E-state index contributed by atoms with van der Waals surface area (Å²) < 4.78 is 9.02. The van der Waals surface area contributed by atoms with E-state index in [1.165, 1.54) is 10.1 Å². The molecule has 0 aliphatic rings. The van der Waals surface area contributed by atoms with Crippen LogP contribution in [0.4, 0.5) is 0 Å². The highest BCUT2D eigenvalue weighted by Crippen LogP contribution is 2.44. The fourth-order valence-corrected chi connectivity index (χ4v) is 7.25. The van der Waals surface area contributed by atoms with Gasteiger partial charge in [0.2, 0.25) is 0 Å². The van der Waals surface area contributed by atoms with Gasteiger partial charge in [-0.1, -0.05) is 103 Å². The van der Waals surface area contributed by atoms with E-state index in [4.69, 9.17) is 14.4 Å². The molecule has 0 atom stereocenters. The van der Waals surface area contributed by atoms with Gasteiger partial charge in [0.15, 0.2) is 5.82 Å². The average Bonchev–Trinajstić information content (AvgIpc) is 3.62. The molecule has 0 spiro atoms. The summed E-state index contributed by atoms with van der Waals surface area (Å²) in [4.78, 5) is 10.6. The quantitative estimate of drug-likeness (QED) is 0.218. The van der Waals surface area contributed by atoms with Gasteiger partial charge in [-0.2, -0.15) is 0 Å². The first kappa shape index (κ1) is 23.4. The van der Waals surface area contributed by atoms with Gasteiger partial charge in [0.1, 0.15) is 11.2 Å². The number of fused-ring (bicyclic) bond motifs is 7. The molecule has 0 N–H and O–H groups in total. The van der Waals surface area contributed by atoms with E-state index in [0.717, 1.165) is 70.9 Å². The van der Waals surface area contributed by atoms with Gasteiger partial charge in [-0.25, -0.2) is 9.97 Å². The molecular weight excluding hydrogens is 532 g/mol. The van der Waals surface area contributed by atoms with Gasteiger partial charge in [-0.3, -0.25) is 0 Å². The Balaban J connectivity index is 1.42. The standard InChI is InChI=1S/C38H22N2OS/c1-3-11-23(12-4-1)27-19-20-29(33-30-21-25-15-7-8-16-26(25)22-31(30)41-36(27)33)38-39-34(24-13-5-2-6-14-24)37-35(40-38)28-17-9-10-18-32(28)42-37/h1-22H. The number of benzene rings is 6. The maximum Gasteiger partial charge on any atom is 0.161 e. The Morgan fingerprint density at radius 2 is 1.21 bits per heavy atom. The first-order valence-corrected chi connectivity index (χ1v) is 14.8. The van der Waals surface area contributed by atoms with Crippen molar-refractivity contribution >= 4 is 64.4 Å². The van der Waals surface area contributed by atoms with Gasteiger partial charge >= 0.3 is 0 Å². The normalized spacial score (nSPS) is 11.8. The first-order chi connectivity index (χ1) is 20.8. The molecule has 6 aromatic carbocycles. The summed E-state index contributed by atoms with van der Waals surface area (Å²) in [6, 6.07) is 46.5. The molecular formula is C38H22N2OS. The molecule has 0 saturated carbocycles. The number of rotatable bonds is 3. The minimum absolute atomic E-state index is 0.699. The molecule has 9 rings (SSSR count). The van der Waals surface area contributed by atoms with Crippen LogP contribution in [0.2, 0.25) is 0 Å². The van der Waals surface area contributed by atoms with Crippen molar-refractivity contribution in [3.8, 4) is 33.8 Å². The largest absolute Gasteiger partial charge is 0.455 e. The van der Waals surface area contributed by atoms with Gasteiger partial charge in [0, 0.05) is 37.5 Å². The van der Waals surface area contributed by atoms with E-state index in [2.05, 4.69) is 121 Å². The lowest BCUT2D eigenvalue weighted by Crippen LogP contribution is -1.94. The molecule has 0 aliphatic heterocycles. The van der Waals surface area contributed by atoms with E-state index in [0.29, 0.717) is 5.82 Å². The molecule has 42 heavy (non-hydrogen) atoms. The third-order valence-electron chi connectivity index (χ3n) is 8.08. The molecule has 0 radical (unpaired) electrons. The first-order valence-electron chi connectivity index (χ1n) is 14.0. The maximum absolute atomic E-state index is 6.71. The molecule has 0 bridgehead atoms. The molecule has 0 unspecified atom stereocenters. The summed E-state index contributed by atoms with van der Waals surface area (Å²) in [6.07, 6.45) is 0. The zero-order valence-electron chi connectivity index (χ0n) is 22.4. The lowest BCUT2D eigenvalue weighted by atomic mass is 9.97. The van der Waals surface area contributed by atoms with E-state index in [-0.39, 0.29) is 0 Å². The summed E-state index contributed by atoms with van der Waals surface area (Å²) >= 11 is 1.75. The second kappa shape index (κ2) is 9.10. The number of thiophene rings is 1. The Morgan fingerprint density at radius 1 is 0.548 bits per heavy atom. The van der Waals surface area contributed by atoms with Crippen molar-refractivity contribution in [1.82, 2.24) is 9.97 Å². The van der Waals surface area contributed by atoms with Gasteiger partial charge < -0.3 is 4.42 Å². The number of hydrogen-bond acceptors (Lipinski definition) is 4. The van der Waals surface area contributed by atoms with Gasteiger partial charge in [0.25, 0.3) is 0 Å². The molecule has 196 valence electrons. The lowest BCUT2D eigenvalue weighted by molar-refractivity contribution is 0.670. The smallest absolute Gasteiger partial charge is 0.161 e. The van der Waals surface area contributed by atoms with Crippen molar-refractivity contribution in [2.24, 2.45) is 0 Å². The molecule has 4 heteroatoms. The molecule has 0 fully saturated rings. The van der Waals surface area contributed by atoms with Crippen molar-refractivity contribution in [3.63, 3.8) is 0 Å². The highest BCUT2D eigenvalue weighted by atomic mass is 32.1. The fourth-order valence-electron chi connectivity index (χ4n) is 6.10. The SMILES string of the molecule is c1ccc(-c2ccc(-c3nc(-c4ccccc4)c4sc5ccccc5c4n3)c3c2oc2cc4ccccc4cc23)cc1. The highest BCUT2D eigenvalue weighted by Gasteiger charge is 2.22. The number of furan rings is 1. The molecule has 9 aromatic rings. The number of nitrogens with zero attached hydrogens (tertiary/aromatic N) is 2. The van der Waals surface area contributed by atoms with Crippen LogP contribution in [0.5, 0.6) is 0 Å². The van der Waals surface area contributed by atoms with Crippen LogP contribution < -0.4 is 0 Å². The summed E-state index contributed by atoms with van der Waals surface area (Å²) in [5, 5.41) is 5.58. The monoisotopic (exact) mass is 554 g/mol. The lowest BCUT2D eigenvalue weighted by Gasteiger charge is -2.10. The predicted molar refractivity (Wildman–Crippen MR) is 176 cm³/mol. The van der Waals surface area contributed by atoms with Crippen molar-refractivity contribution in [2.75, 3.05) is 0 Å². The summed E-state index contributed by atoms with van der Waals surface area (Å²) in [5.74, 6) is 0.699. The molecule has 0 aliphatic carbocycles. The van der Waals surface area contributed by atoms with Crippen molar-refractivity contribution in [1.29, 1.82) is 0 Å². The Hall–Kier alpha value is -5.32. The van der Waals surface area contributed by atoms with E-state index in [1.54, 1.807) is 11.3 Å². The van der Waals surface area contributed by atoms with Crippen LogP contribution in [-0.4, -0.2) is 9.97 Å². The van der Waals surface area contributed by atoms with Crippen molar-refractivity contribution < 1.29 is 4.42 Å². The third kappa shape index (κ3) is 3.52. The average molecular weight is 555 g/mol. The summed E-state index contributed by atoms with van der Waals surface area (Å²) in [5.41, 5.74) is 7.87. The van der Waals surface area contributed by atoms with E-state index in [9.17, 15) is 0 Å². The van der Waals surface area contributed by atoms with Crippen molar-refractivity contribution in [3.05, 3.63) is 133 Å². The van der Waals surface area contributed by atoms with E-state index >= 15 is 0 Å².